The van der Waals surface area contributed by atoms with E-state index in [0.29, 0.717) is 5.78 Å². The summed E-state index contributed by atoms with van der Waals surface area (Å²) in [6, 6.07) is 0. The van der Waals surface area contributed by atoms with Gasteiger partial charge in [0.25, 0.3) is 0 Å². The van der Waals surface area contributed by atoms with Crippen LogP contribution >= 0.6 is 7.55 Å². The molecule has 0 saturated carbocycles. The van der Waals surface area contributed by atoms with Crippen LogP contribution in [0.25, 0.3) is 0 Å². The molecule has 0 aromatic heterocycles. The molecule has 7 heavy (non-hydrogen) atoms. The second-order valence-corrected chi connectivity index (χ2v) is 4.44. The summed E-state index contributed by atoms with van der Waals surface area (Å²) < 4.78 is 0. The zero-order chi connectivity index (χ0) is 5.28. The first-order valence-corrected chi connectivity index (χ1v) is 4.77. The van der Waals surface area contributed by atoms with Gasteiger partial charge in [-0.15, -0.1) is 7.55 Å². The number of hydrogen-bond donors (Lipinski definition) is 0. The molecule has 0 saturated heterocycles. The molecule has 1 atom stereocenters. The molecule has 0 N–H and O–H groups in total. The predicted octanol–water partition coefficient (Wildman–Crippen LogP) is 0.605. The molecule has 1 aliphatic rings. The second kappa shape index (κ2) is 1.83. The van der Waals surface area contributed by atoms with E-state index in [1.807, 2.05) is 5.80 Å². The molecule has 40 valence electrons. The van der Waals surface area contributed by atoms with E-state index < -0.39 is 0 Å². The van der Waals surface area contributed by atoms with E-state index in [9.17, 15) is 4.79 Å². The summed E-state index contributed by atoms with van der Waals surface area (Å²) in [6.45, 7) is 2.18. The SMILES string of the molecule is C[PH]1=CC(=O)CC1. The summed E-state index contributed by atoms with van der Waals surface area (Å²) >= 11 is 0. The first-order chi connectivity index (χ1) is 3.29. The van der Waals surface area contributed by atoms with Crippen molar-refractivity contribution in [2.75, 3.05) is 12.8 Å². The van der Waals surface area contributed by atoms with Crippen molar-refractivity contribution in [3.63, 3.8) is 0 Å². The molecule has 0 fully saturated rings. The Bertz CT molecular complexity index is 126. The Labute approximate surface area is 44.1 Å². The van der Waals surface area contributed by atoms with Crippen molar-refractivity contribution in [2.45, 2.75) is 6.42 Å². The van der Waals surface area contributed by atoms with Crippen molar-refractivity contribution in [1.82, 2.24) is 0 Å². The van der Waals surface area contributed by atoms with Crippen molar-refractivity contribution >= 4 is 19.1 Å². The Morgan fingerprint density at radius 3 is 2.71 bits per heavy atom. The summed E-state index contributed by atoms with van der Waals surface area (Å²) in [5.74, 6) is 2.28. The molecule has 1 rings (SSSR count). The first kappa shape index (κ1) is 5.11. The second-order valence-electron chi connectivity index (χ2n) is 1.96. The van der Waals surface area contributed by atoms with Crippen LogP contribution in [0.2, 0.25) is 0 Å². The maximum atomic E-state index is 10.4. The number of carbonyl (C=O) groups excluding carboxylic acids is 1. The molecule has 0 bridgehead atoms. The molecule has 0 aromatic rings. The highest BCUT2D eigenvalue weighted by Gasteiger charge is 2.04. The lowest BCUT2D eigenvalue weighted by Gasteiger charge is -1.80. The minimum absolute atomic E-state index is 0.280. The van der Waals surface area contributed by atoms with Gasteiger partial charge >= 0.3 is 0 Å². The van der Waals surface area contributed by atoms with Crippen molar-refractivity contribution in [2.24, 2.45) is 0 Å². The molecule has 1 heterocycles. The van der Waals surface area contributed by atoms with Crippen molar-refractivity contribution in [3.05, 3.63) is 0 Å². The summed E-state index contributed by atoms with van der Waals surface area (Å²) in [5.41, 5.74) is 0. The average Bonchev–Trinajstić information content (AvgIpc) is 1.87. The molecule has 0 aliphatic carbocycles. The van der Waals surface area contributed by atoms with Gasteiger partial charge in [-0.1, -0.05) is 0 Å². The highest BCUT2D eigenvalue weighted by molar-refractivity contribution is 7.59. The Kier molecular flexibility index (Phi) is 1.34. The van der Waals surface area contributed by atoms with Crippen LogP contribution in [0.5, 0.6) is 0 Å². The molecule has 0 spiro atoms. The maximum Gasteiger partial charge on any atom is 0.155 e. The van der Waals surface area contributed by atoms with Gasteiger partial charge in [0, 0.05) is 6.42 Å². The van der Waals surface area contributed by atoms with Gasteiger partial charge in [0.2, 0.25) is 0 Å². The van der Waals surface area contributed by atoms with E-state index in [1.54, 1.807) is 0 Å². The molecule has 2 heteroatoms. The lowest BCUT2D eigenvalue weighted by atomic mass is 10.4. The van der Waals surface area contributed by atoms with Crippen LogP contribution in [0.4, 0.5) is 0 Å². The van der Waals surface area contributed by atoms with Gasteiger partial charge in [-0.2, -0.15) is 0 Å². The minimum Gasteiger partial charge on any atom is -0.295 e. The van der Waals surface area contributed by atoms with Crippen LogP contribution < -0.4 is 0 Å². The molecular weight excluding hydrogens is 107 g/mol. The normalized spacial score (nSPS) is 30.4. The Morgan fingerprint density at radius 2 is 2.57 bits per heavy atom. The van der Waals surface area contributed by atoms with Crippen LogP contribution in [0.15, 0.2) is 0 Å². The zero-order valence-electron chi connectivity index (χ0n) is 4.40. The predicted molar refractivity (Wildman–Crippen MR) is 34.8 cm³/mol. The molecule has 0 aromatic carbocycles. The van der Waals surface area contributed by atoms with Gasteiger partial charge in [-0.25, -0.2) is 0 Å². The molecular formula is C5H9OP. The van der Waals surface area contributed by atoms with Crippen LogP contribution in [-0.4, -0.2) is 24.4 Å². The van der Waals surface area contributed by atoms with Gasteiger partial charge in [-0.3, -0.25) is 4.79 Å². The fraction of sp³-hybridized carbons (Fsp3) is 0.600. The zero-order valence-corrected chi connectivity index (χ0v) is 5.40. The molecule has 0 radical (unpaired) electrons. The highest BCUT2D eigenvalue weighted by Crippen LogP contribution is 2.22. The van der Waals surface area contributed by atoms with E-state index in [1.165, 1.54) is 6.16 Å². The monoisotopic (exact) mass is 116 g/mol. The van der Waals surface area contributed by atoms with E-state index >= 15 is 0 Å². The van der Waals surface area contributed by atoms with Crippen molar-refractivity contribution in [1.29, 1.82) is 0 Å². The third-order valence-corrected chi connectivity index (χ3v) is 3.03. The van der Waals surface area contributed by atoms with E-state index in [4.69, 9.17) is 0 Å². The van der Waals surface area contributed by atoms with Crippen molar-refractivity contribution < 1.29 is 4.79 Å². The lowest BCUT2D eigenvalue weighted by Crippen LogP contribution is -1.89. The molecule has 1 nitrogen and oxygen atoms in total. The van der Waals surface area contributed by atoms with E-state index in [-0.39, 0.29) is 7.55 Å². The maximum absolute atomic E-state index is 10.4. The quantitative estimate of drug-likeness (QED) is 0.424. The number of hydrogen-bond acceptors (Lipinski definition) is 1. The fourth-order valence-corrected chi connectivity index (χ4v) is 2.22. The van der Waals surface area contributed by atoms with Crippen LogP contribution in [0.3, 0.4) is 0 Å². The van der Waals surface area contributed by atoms with Gasteiger partial charge in [0.1, 0.15) is 0 Å². The minimum atomic E-state index is -0.280. The topological polar surface area (TPSA) is 17.1 Å². The van der Waals surface area contributed by atoms with Gasteiger partial charge in [-0.05, 0) is 18.6 Å². The van der Waals surface area contributed by atoms with Crippen molar-refractivity contribution in [3.8, 4) is 0 Å². The van der Waals surface area contributed by atoms with E-state index in [2.05, 4.69) is 6.66 Å². The number of ketones is 1. The molecule has 1 aliphatic heterocycles. The fourth-order valence-electron chi connectivity index (χ4n) is 0.740. The number of carbonyl (C=O) groups is 1. The largest absolute Gasteiger partial charge is 0.295 e. The summed E-state index contributed by atoms with van der Waals surface area (Å²) in [7, 11) is -0.280. The first-order valence-electron chi connectivity index (χ1n) is 2.49. The van der Waals surface area contributed by atoms with Crippen LogP contribution in [0, 0.1) is 0 Å². The van der Waals surface area contributed by atoms with Gasteiger partial charge < -0.3 is 0 Å². The third-order valence-electron chi connectivity index (χ3n) is 1.17. The average molecular weight is 116 g/mol. The molecule has 1 unspecified atom stereocenters. The summed E-state index contributed by atoms with van der Waals surface area (Å²) in [4.78, 5) is 10.4. The number of Topliss-reactive ketones (excluding diaryl/α,β-unsaturated/α-hetero) is 1. The highest BCUT2D eigenvalue weighted by atomic mass is 31.1. The third kappa shape index (κ3) is 1.17. The van der Waals surface area contributed by atoms with E-state index in [0.717, 1.165) is 6.42 Å². The lowest BCUT2D eigenvalue weighted by molar-refractivity contribution is -0.111. The molecule has 0 amide bonds. The number of rotatable bonds is 0. The van der Waals surface area contributed by atoms with Gasteiger partial charge in [0.15, 0.2) is 5.78 Å². The summed E-state index contributed by atoms with van der Waals surface area (Å²) in [5, 5.41) is 0. The van der Waals surface area contributed by atoms with Gasteiger partial charge in [0.05, 0.1) is 0 Å². The Hall–Kier alpha value is -0.0300. The Morgan fingerprint density at radius 1 is 1.86 bits per heavy atom. The standard InChI is InChI=1S/C5H9OP/c1-7-3-2-5(6)4-7/h4,7H,2-3H2,1H3. The van der Waals surface area contributed by atoms with Crippen LogP contribution in [0.1, 0.15) is 6.42 Å². The van der Waals surface area contributed by atoms with Crippen LogP contribution in [-0.2, 0) is 4.79 Å². The summed E-state index contributed by atoms with van der Waals surface area (Å²) in [6.07, 6.45) is 1.99. The Balaban J connectivity index is 2.67. The smallest absolute Gasteiger partial charge is 0.155 e.